The first-order chi connectivity index (χ1) is 10.0. The van der Waals surface area contributed by atoms with Crippen LogP contribution in [-0.2, 0) is 21.3 Å². The van der Waals surface area contributed by atoms with Crippen LogP contribution in [-0.4, -0.2) is 44.1 Å². The summed E-state index contributed by atoms with van der Waals surface area (Å²) in [5.41, 5.74) is -0.506. The summed E-state index contributed by atoms with van der Waals surface area (Å²) in [6, 6.07) is 2.99. The Labute approximate surface area is 129 Å². The minimum atomic E-state index is -3.81. The normalized spacial score (nSPS) is 16.5. The Balaban J connectivity index is 1.75. The molecule has 0 spiro atoms. The van der Waals surface area contributed by atoms with Crippen LogP contribution in [0.25, 0.3) is 0 Å². The maximum Gasteiger partial charge on any atom is 0.410 e. The molecule has 0 aromatic carbocycles. The number of ether oxygens (including phenoxy) is 1. The molecule has 1 aromatic heterocycles. The molecule has 0 radical (unpaired) electrons. The maximum atomic E-state index is 11.8. The summed E-state index contributed by atoms with van der Waals surface area (Å²) in [4.78, 5) is 13.3. The summed E-state index contributed by atoms with van der Waals surface area (Å²) in [6.45, 7) is 6.90. The molecular weight excluding hydrogens is 310 g/mol. The van der Waals surface area contributed by atoms with Gasteiger partial charge in [0.15, 0.2) is 0 Å². The molecule has 124 valence electrons. The SMILES string of the molecule is CC(C)(C)OC(=O)N1CC(NCc2ccc(S(N)(=O)=O)o2)C1. The zero-order valence-electron chi connectivity index (χ0n) is 12.8. The van der Waals surface area contributed by atoms with Gasteiger partial charge in [0.05, 0.1) is 6.54 Å². The third-order valence-electron chi connectivity index (χ3n) is 3.02. The Morgan fingerprint density at radius 1 is 1.45 bits per heavy atom. The van der Waals surface area contributed by atoms with Crippen molar-refractivity contribution in [2.24, 2.45) is 5.14 Å². The zero-order valence-corrected chi connectivity index (χ0v) is 13.6. The number of nitrogens with two attached hydrogens (primary N) is 1. The summed E-state index contributed by atoms with van der Waals surface area (Å²) in [6.07, 6.45) is -0.333. The predicted octanol–water partition coefficient (Wildman–Crippen LogP) is 0.636. The molecule has 8 nitrogen and oxygen atoms in total. The van der Waals surface area contributed by atoms with Crippen LogP contribution in [0.5, 0.6) is 0 Å². The van der Waals surface area contributed by atoms with E-state index in [0.717, 1.165) is 0 Å². The fraction of sp³-hybridized carbons (Fsp3) is 0.615. The smallest absolute Gasteiger partial charge is 0.410 e. The molecule has 1 aromatic rings. The minimum absolute atomic E-state index is 0.121. The molecule has 2 heterocycles. The van der Waals surface area contributed by atoms with E-state index in [1.807, 2.05) is 20.8 Å². The van der Waals surface area contributed by atoms with Gasteiger partial charge < -0.3 is 19.4 Å². The van der Waals surface area contributed by atoms with Gasteiger partial charge in [0.1, 0.15) is 11.4 Å². The monoisotopic (exact) mass is 331 g/mol. The van der Waals surface area contributed by atoms with E-state index in [9.17, 15) is 13.2 Å². The molecule has 22 heavy (non-hydrogen) atoms. The Morgan fingerprint density at radius 3 is 2.59 bits per heavy atom. The molecule has 1 saturated heterocycles. The maximum absolute atomic E-state index is 11.8. The molecule has 3 N–H and O–H groups in total. The summed E-state index contributed by atoms with van der Waals surface area (Å²) < 4.78 is 32.6. The van der Waals surface area contributed by atoms with Crippen LogP contribution in [0, 0.1) is 0 Å². The number of hydrogen-bond donors (Lipinski definition) is 2. The first-order valence-corrected chi connectivity index (χ1v) is 8.42. The second-order valence-electron chi connectivity index (χ2n) is 6.23. The van der Waals surface area contributed by atoms with Crippen molar-refractivity contribution >= 4 is 16.1 Å². The van der Waals surface area contributed by atoms with Gasteiger partial charge in [-0.3, -0.25) is 0 Å². The Kier molecular flexibility index (Phi) is 4.50. The van der Waals surface area contributed by atoms with Gasteiger partial charge in [-0.05, 0) is 32.9 Å². The highest BCUT2D eigenvalue weighted by atomic mass is 32.2. The van der Waals surface area contributed by atoms with Crippen LogP contribution in [0.2, 0.25) is 0 Å². The lowest BCUT2D eigenvalue weighted by Crippen LogP contribution is -2.60. The van der Waals surface area contributed by atoms with Gasteiger partial charge >= 0.3 is 6.09 Å². The van der Waals surface area contributed by atoms with Gasteiger partial charge in [-0.1, -0.05) is 0 Å². The number of carbonyl (C=O) groups excluding carboxylic acids is 1. The van der Waals surface area contributed by atoms with Crippen molar-refractivity contribution in [1.29, 1.82) is 0 Å². The lowest BCUT2D eigenvalue weighted by molar-refractivity contribution is 0.00502. The van der Waals surface area contributed by atoms with Crippen molar-refractivity contribution in [2.75, 3.05) is 13.1 Å². The van der Waals surface area contributed by atoms with Crippen molar-refractivity contribution in [3.05, 3.63) is 17.9 Å². The number of furan rings is 1. The predicted molar refractivity (Wildman–Crippen MR) is 78.5 cm³/mol. The average molecular weight is 331 g/mol. The van der Waals surface area contributed by atoms with E-state index in [1.54, 1.807) is 11.0 Å². The number of primary sulfonamides is 1. The highest BCUT2D eigenvalue weighted by molar-refractivity contribution is 7.89. The van der Waals surface area contributed by atoms with Crippen LogP contribution >= 0.6 is 0 Å². The molecule has 0 atom stereocenters. The zero-order chi connectivity index (χ0) is 16.5. The number of rotatable bonds is 4. The molecule has 1 aliphatic heterocycles. The van der Waals surface area contributed by atoms with Gasteiger partial charge in [0.2, 0.25) is 5.09 Å². The van der Waals surface area contributed by atoms with Crippen molar-refractivity contribution in [1.82, 2.24) is 10.2 Å². The van der Waals surface area contributed by atoms with Crippen LogP contribution in [0.15, 0.2) is 21.6 Å². The standard InChI is InChI=1S/C13H21N3O5S/c1-13(2,3)21-12(17)16-7-9(8-16)15-6-10-4-5-11(20-10)22(14,18)19/h4-5,9,15H,6-8H2,1-3H3,(H2,14,18,19). The number of nitrogens with one attached hydrogen (secondary N) is 1. The topological polar surface area (TPSA) is 115 Å². The summed E-state index contributed by atoms with van der Waals surface area (Å²) in [5.74, 6) is 0.472. The lowest BCUT2D eigenvalue weighted by Gasteiger charge is -2.40. The van der Waals surface area contributed by atoms with E-state index < -0.39 is 15.6 Å². The molecular formula is C13H21N3O5S. The van der Waals surface area contributed by atoms with Crippen molar-refractivity contribution < 1.29 is 22.4 Å². The second kappa shape index (κ2) is 5.90. The van der Waals surface area contributed by atoms with Crippen LogP contribution in [0.3, 0.4) is 0 Å². The van der Waals surface area contributed by atoms with Gasteiger partial charge in [-0.2, -0.15) is 0 Å². The number of likely N-dealkylation sites (tertiary alicyclic amines) is 1. The molecule has 0 bridgehead atoms. The van der Waals surface area contributed by atoms with Crippen LogP contribution in [0.4, 0.5) is 4.79 Å². The number of amides is 1. The second-order valence-corrected chi connectivity index (χ2v) is 7.72. The van der Waals surface area contributed by atoms with E-state index in [-0.39, 0.29) is 17.2 Å². The van der Waals surface area contributed by atoms with Gasteiger partial charge in [-0.15, -0.1) is 0 Å². The van der Waals surface area contributed by atoms with Crippen LogP contribution < -0.4 is 10.5 Å². The van der Waals surface area contributed by atoms with Crippen molar-refractivity contribution in [2.45, 2.75) is 44.1 Å². The highest BCUT2D eigenvalue weighted by Gasteiger charge is 2.33. The molecule has 2 rings (SSSR count). The van der Waals surface area contributed by atoms with Crippen molar-refractivity contribution in [3.63, 3.8) is 0 Å². The summed E-state index contributed by atoms with van der Waals surface area (Å²) >= 11 is 0. The van der Waals surface area contributed by atoms with E-state index >= 15 is 0 Å². The van der Waals surface area contributed by atoms with Gasteiger partial charge in [-0.25, -0.2) is 18.4 Å². The Hall–Kier alpha value is -1.58. The molecule has 1 fully saturated rings. The highest BCUT2D eigenvalue weighted by Crippen LogP contribution is 2.16. The van der Waals surface area contributed by atoms with E-state index in [0.29, 0.717) is 25.4 Å². The van der Waals surface area contributed by atoms with Gasteiger partial charge in [0, 0.05) is 19.1 Å². The lowest BCUT2D eigenvalue weighted by atomic mass is 10.1. The molecule has 1 aliphatic rings. The fourth-order valence-corrected chi connectivity index (χ4v) is 2.42. The number of sulfonamides is 1. The molecule has 0 aliphatic carbocycles. The largest absolute Gasteiger partial charge is 0.447 e. The third-order valence-corrected chi connectivity index (χ3v) is 3.80. The summed E-state index contributed by atoms with van der Waals surface area (Å²) in [5, 5.41) is 7.88. The third kappa shape index (κ3) is 4.46. The van der Waals surface area contributed by atoms with Crippen LogP contribution in [0.1, 0.15) is 26.5 Å². The fourth-order valence-electron chi connectivity index (χ4n) is 1.93. The van der Waals surface area contributed by atoms with Crippen molar-refractivity contribution in [3.8, 4) is 0 Å². The van der Waals surface area contributed by atoms with Gasteiger partial charge in [0.25, 0.3) is 10.0 Å². The molecule has 0 saturated carbocycles. The summed E-state index contributed by atoms with van der Waals surface area (Å²) in [7, 11) is -3.81. The van der Waals surface area contributed by atoms with E-state index in [2.05, 4.69) is 5.32 Å². The average Bonchev–Trinajstić information content (AvgIpc) is 2.72. The molecule has 0 unspecified atom stereocenters. The number of carbonyl (C=O) groups is 1. The number of nitrogens with zero attached hydrogens (tertiary/aromatic N) is 1. The Bertz CT molecular complexity index is 641. The van der Waals surface area contributed by atoms with E-state index in [4.69, 9.17) is 14.3 Å². The molecule has 9 heteroatoms. The van der Waals surface area contributed by atoms with E-state index in [1.165, 1.54) is 6.07 Å². The Morgan fingerprint density at radius 2 is 2.09 bits per heavy atom. The number of hydrogen-bond acceptors (Lipinski definition) is 6. The first-order valence-electron chi connectivity index (χ1n) is 6.87. The minimum Gasteiger partial charge on any atom is -0.447 e. The quantitative estimate of drug-likeness (QED) is 0.836. The first kappa shape index (κ1) is 16.8. The molecule has 1 amide bonds.